The third-order valence-electron chi connectivity index (χ3n) is 4.47. The quantitative estimate of drug-likeness (QED) is 0.785. The van der Waals surface area contributed by atoms with Crippen LogP contribution < -0.4 is 5.32 Å². The molecule has 2 atom stereocenters. The number of fused-ring (bicyclic) bond motifs is 1. The first-order valence-electron chi connectivity index (χ1n) is 7.36. The summed E-state index contributed by atoms with van der Waals surface area (Å²) in [6, 6.07) is 9.22. The smallest absolute Gasteiger partial charge is 0.0775 e. The summed E-state index contributed by atoms with van der Waals surface area (Å²) in [6.45, 7) is 0. The van der Waals surface area contributed by atoms with Gasteiger partial charge in [0.2, 0.25) is 0 Å². The number of aliphatic hydroxyl groups is 1. The lowest BCUT2D eigenvalue weighted by atomic mass is 10.0. The number of hydrogen-bond donors (Lipinski definition) is 2. The van der Waals surface area contributed by atoms with Crippen LogP contribution in [0.25, 0.3) is 0 Å². The summed E-state index contributed by atoms with van der Waals surface area (Å²) in [6.07, 6.45) is 8.52. The molecule has 1 aromatic rings. The Kier molecular flexibility index (Phi) is 3.67. The normalized spacial score (nSPS) is 28.9. The van der Waals surface area contributed by atoms with E-state index in [1.807, 2.05) is 0 Å². The van der Waals surface area contributed by atoms with Gasteiger partial charge < -0.3 is 10.4 Å². The Balaban J connectivity index is 1.72. The molecule has 0 aliphatic heterocycles. The van der Waals surface area contributed by atoms with Gasteiger partial charge in [-0.2, -0.15) is 0 Å². The molecule has 1 saturated carbocycles. The zero-order chi connectivity index (χ0) is 12.4. The topological polar surface area (TPSA) is 32.3 Å². The molecule has 2 nitrogen and oxygen atoms in total. The SMILES string of the molecule is O[C@H]1Cc2ccccc2[C@H]1NC1CCCCCC1. The van der Waals surface area contributed by atoms with Crippen molar-refractivity contribution in [3.8, 4) is 0 Å². The highest BCUT2D eigenvalue weighted by Crippen LogP contribution is 2.32. The maximum Gasteiger partial charge on any atom is 0.0775 e. The first-order valence-corrected chi connectivity index (χ1v) is 7.36. The molecule has 0 unspecified atom stereocenters. The molecule has 0 aromatic heterocycles. The standard InChI is InChI=1S/C16H23NO/c18-15-11-12-7-5-6-10-14(12)16(15)17-13-8-3-1-2-4-9-13/h5-7,10,13,15-18H,1-4,8-9,11H2/t15-,16+/m0/s1. The van der Waals surface area contributed by atoms with E-state index in [0.29, 0.717) is 6.04 Å². The number of nitrogens with one attached hydrogen (secondary N) is 1. The lowest BCUT2D eigenvalue weighted by Crippen LogP contribution is -2.36. The Morgan fingerprint density at radius 1 is 1.00 bits per heavy atom. The zero-order valence-electron chi connectivity index (χ0n) is 10.9. The molecule has 0 radical (unpaired) electrons. The van der Waals surface area contributed by atoms with E-state index < -0.39 is 0 Å². The average Bonchev–Trinajstić information content (AvgIpc) is 2.57. The third-order valence-corrected chi connectivity index (χ3v) is 4.47. The first kappa shape index (κ1) is 12.2. The van der Waals surface area contributed by atoms with Crippen molar-refractivity contribution in [1.29, 1.82) is 0 Å². The van der Waals surface area contributed by atoms with Crippen LogP contribution in [0, 0.1) is 0 Å². The Bertz CT molecular complexity index is 396. The molecule has 2 aliphatic rings. The average molecular weight is 245 g/mol. The Morgan fingerprint density at radius 2 is 1.72 bits per heavy atom. The Hall–Kier alpha value is -0.860. The van der Waals surface area contributed by atoms with Gasteiger partial charge in [0.1, 0.15) is 0 Å². The molecule has 0 amide bonds. The van der Waals surface area contributed by atoms with Gasteiger partial charge in [-0.25, -0.2) is 0 Å². The van der Waals surface area contributed by atoms with Crippen LogP contribution >= 0.6 is 0 Å². The van der Waals surface area contributed by atoms with E-state index in [0.717, 1.165) is 6.42 Å². The molecule has 0 saturated heterocycles. The maximum atomic E-state index is 10.2. The van der Waals surface area contributed by atoms with Crippen LogP contribution in [-0.2, 0) is 6.42 Å². The molecule has 2 N–H and O–H groups in total. The maximum absolute atomic E-state index is 10.2. The Morgan fingerprint density at radius 3 is 2.50 bits per heavy atom. The highest BCUT2D eigenvalue weighted by molar-refractivity contribution is 5.36. The molecule has 1 fully saturated rings. The van der Waals surface area contributed by atoms with Gasteiger partial charge in [-0.15, -0.1) is 0 Å². The van der Waals surface area contributed by atoms with Crippen LogP contribution in [0.1, 0.15) is 55.7 Å². The second-order valence-electron chi connectivity index (χ2n) is 5.80. The highest BCUT2D eigenvalue weighted by atomic mass is 16.3. The van der Waals surface area contributed by atoms with Crippen molar-refractivity contribution in [3.05, 3.63) is 35.4 Å². The molecule has 0 spiro atoms. The summed E-state index contributed by atoms with van der Waals surface area (Å²) in [5.74, 6) is 0. The van der Waals surface area contributed by atoms with Crippen molar-refractivity contribution in [2.24, 2.45) is 0 Å². The fourth-order valence-corrected chi connectivity index (χ4v) is 3.47. The van der Waals surface area contributed by atoms with Gasteiger partial charge in [-0.05, 0) is 24.0 Å². The molecular weight excluding hydrogens is 222 g/mol. The summed E-state index contributed by atoms with van der Waals surface area (Å²) in [5.41, 5.74) is 2.63. The van der Waals surface area contributed by atoms with Gasteiger partial charge in [0.15, 0.2) is 0 Å². The van der Waals surface area contributed by atoms with E-state index >= 15 is 0 Å². The van der Waals surface area contributed by atoms with Crippen molar-refractivity contribution in [3.63, 3.8) is 0 Å². The largest absolute Gasteiger partial charge is 0.391 e. The lowest BCUT2D eigenvalue weighted by molar-refractivity contribution is 0.133. The number of rotatable bonds is 2. The van der Waals surface area contributed by atoms with E-state index in [1.54, 1.807) is 0 Å². The molecule has 0 bridgehead atoms. The first-order chi connectivity index (χ1) is 8.84. The summed E-state index contributed by atoms with van der Waals surface area (Å²) in [4.78, 5) is 0. The van der Waals surface area contributed by atoms with Crippen molar-refractivity contribution in [2.75, 3.05) is 0 Å². The fourth-order valence-electron chi connectivity index (χ4n) is 3.47. The predicted molar refractivity (Wildman–Crippen MR) is 73.5 cm³/mol. The van der Waals surface area contributed by atoms with Gasteiger partial charge in [0, 0.05) is 12.5 Å². The second-order valence-corrected chi connectivity index (χ2v) is 5.80. The fraction of sp³-hybridized carbons (Fsp3) is 0.625. The van der Waals surface area contributed by atoms with Gasteiger partial charge in [0.05, 0.1) is 12.1 Å². The van der Waals surface area contributed by atoms with Crippen molar-refractivity contribution >= 4 is 0 Å². The van der Waals surface area contributed by atoms with E-state index in [4.69, 9.17) is 0 Å². The molecule has 18 heavy (non-hydrogen) atoms. The Labute approximate surface area is 109 Å². The minimum atomic E-state index is -0.245. The van der Waals surface area contributed by atoms with Crippen molar-refractivity contribution in [2.45, 2.75) is 63.1 Å². The van der Waals surface area contributed by atoms with Crippen LogP contribution in [0.15, 0.2) is 24.3 Å². The van der Waals surface area contributed by atoms with Crippen LogP contribution in [0.2, 0.25) is 0 Å². The van der Waals surface area contributed by atoms with Gasteiger partial charge >= 0.3 is 0 Å². The number of aliphatic hydroxyl groups excluding tert-OH is 1. The van der Waals surface area contributed by atoms with Crippen molar-refractivity contribution in [1.82, 2.24) is 5.32 Å². The van der Waals surface area contributed by atoms with Crippen LogP contribution in [-0.4, -0.2) is 17.3 Å². The summed E-state index contributed by atoms with van der Waals surface area (Å²) in [7, 11) is 0. The monoisotopic (exact) mass is 245 g/mol. The van der Waals surface area contributed by atoms with E-state index in [-0.39, 0.29) is 12.1 Å². The second kappa shape index (κ2) is 5.41. The number of hydrogen-bond acceptors (Lipinski definition) is 2. The van der Waals surface area contributed by atoms with Gasteiger partial charge in [0.25, 0.3) is 0 Å². The lowest BCUT2D eigenvalue weighted by Gasteiger charge is -2.24. The molecule has 98 valence electrons. The molecular formula is C16H23NO. The van der Waals surface area contributed by atoms with Crippen LogP contribution in [0.3, 0.4) is 0 Å². The molecule has 1 aromatic carbocycles. The van der Waals surface area contributed by atoms with E-state index in [1.165, 1.54) is 49.7 Å². The predicted octanol–water partition coefficient (Wildman–Crippen LogP) is 2.96. The third kappa shape index (κ3) is 2.45. The molecule has 0 heterocycles. The minimum absolute atomic E-state index is 0.157. The molecule has 2 heteroatoms. The zero-order valence-corrected chi connectivity index (χ0v) is 10.9. The van der Waals surface area contributed by atoms with E-state index in [2.05, 4.69) is 29.6 Å². The summed E-state index contributed by atoms with van der Waals surface area (Å²) >= 11 is 0. The summed E-state index contributed by atoms with van der Waals surface area (Å²) < 4.78 is 0. The van der Waals surface area contributed by atoms with Gasteiger partial charge in [-0.3, -0.25) is 0 Å². The number of benzene rings is 1. The van der Waals surface area contributed by atoms with Crippen LogP contribution in [0.4, 0.5) is 0 Å². The molecule has 2 aliphatic carbocycles. The molecule has 3 rings (SSSR count). The van der Waals surface area contributed by atoms with Crippen LogP contribution in [0.5, 0.6) is 0 Å². The van der Waals surface area contributed by atoms with E-state index in [9.17, 15) is 5.11 Å². The highest BCUT2D eigenvalue weighted by Gasteiger charge is 2.32. The van der Waals surface area contributed by atoms with Crippen molar-refractivity contribution < 1.29 is 5.11 Å². The van der Waals surface area contributed by atoms with Gasteiger partial charge in [-0.1, -0.05) is 49.9 Å². The minimum Gasteiger partial charge on any atom is -0.391 e. The summed E-state index contributed by atoms with van der Waals surface area (Å²) in [5, 5.41) is 14.0.